The van der Waals surface area contributed by atoms with E-state index in [-0.39, 0.29) is 11.6 Å². The number of hydrogen-bond acceptors (Lipinski definition) is 2. The fourth-order valence-corrected chi connectivity index (χ4v) is 3.34. The van der Waals surface area contributed by atoms with E-state index in [1.807, 2.05) is 34.9 Å². The molecule has 0 aliphatic heterocycles. The quantitative estimate of drug-likeness (QED) is 0.740. The second kappa shape index (κ2) is 7.83. The van der Waals surface area contributed by atoms with Crippen molar-refractivity contribution in [2.24, 2.45) is 0 Å². The molecule has 3 aromatic rings. The molecule has 0 saturated carbocycles. The molecule has 0 aliphatic carbocycles. The predicted molar refractivity (Wildman–Crippen MR) is 107 cm³/mol. The minimum Gasteiger partial charge on any atom is -0.338 e. The molecule has 0 bridgehead atoms. The van der Waals surface area contributed by atoms with E-state index in [1.165, 1.54) is 11.1 Å². The van der Waals surface area contributed by atoms with Crippen molar-refractivity contribution in [1.29, 1.82) is 0 Å². The van der Waals surface area contributed by atoms with Crippen molar-refractivity contribution in [2.45, 2.75) is 46.6 Å². The van der Waals surface area contributed by atoms with Crippen molar-refractivity contribution in [1.82, 2.24) is 9.55 Å². The molecule has 0 fully saturated rings. The molecule has 26 heavy (non-hydrogen) atoms. The highest BCUT2D eigenvalue weighted by Gasteiger charge is 2.22. The van der Waals surface area contributed by atoms with Crippen LogP contribution in [0, 0.1) is 13.8 Å². The van der Waals surface area contributed by atoms with Crippen LogP contribution < -0.4 is 10.9 Å². The molecule has 2 aromatic carbocycles. The summed E-state index contributed by atoms with van der Waals surface area (Å²) in [6, 6.07) is 14.0. The van der Waals surface area contributed by atoms with E-state index in [9.17, 15) is 4.79 Å². The van der Waals surface area contributed by atoms with Crippen LogP contribution in [0.25, 0.3) is 16.6 Å². The smallest absolute Gasteiger partial charge is 0.266 e. The molecule has 0 aliphatic rings. The first-order valence-corrected chi connectivity index (χ1v) is 9.49. The normalized spacial score (nSPS) is 12.5. The van der Waals surface area contributed by atoms with Crippen LogP contribution in [-0.2, 0) is 0 Å². The maximum Gasteiger partial charge on any atom is 0.266 e. The molecule has 4 nitrogen and oxygen atoms in total. The van der Waals surface area contributed by atoms with Gasteiger partial charge in [0.15, 0.2) is 5.82 Å². The van der Waals surface area contributed by atoms with E-state index in [0.29, 0.717) is 5.39 Å². The number of nitrogens with zero attached hydrogens (tertiary/aromatic N) is 2. The zero-order valence-corrected chi connectivity index (χ0v) is 16.1. The lowest BCUT2D eigenvalue weighted by atomic mass is 10.1. The SMILES string of the molecule is CCC[NH2+][C@H](CC)c1nc2ccccc2c(=O)n1-c1ccc(C)c(C)c1. The highest BCUT2D eigenvalue weighted by molar-refractivity contribution is 5.77. The Morgan fingerprint density at radius 3 is 2.54 bits per heavy atom. The fraction of sp³-hybridized carbons (Fsp3) is 0.364. The molecule has 0 spiro atoms. The lowest BCUT2D eigenvalue weighted by Crippen LogP contribution is -2.85. The van der Waals surface area contributed by atoms with Crippen LogP contribution in [0.15, 0.2) is 47.3 Å². The van der Waals surface area contributed by atoms with Crippen molar-refractivity contribution in [3.8, 4) is 5.69 Å². The van der Waals surface area contributed by atoms with Crippen LogP contribution in [0.3, 0.4) is 0 Å². The van der Waals surface area contributed by atoms with Gasteiger partial charge in [-0.15, -0.1) is 0 Å². The first-order valence-electron chi connectivity index (χ1n) is 9.49. The predicted octanol–water partition coefficient (Wildman–Crippen LogP) is 3.43. The first kappa shape index (κ1) is 18.3. The Morgan fingerprint density at radius 1 is 1.08 bits per heavy atom. The number of benzene rings is 2. The van der Waals surface area contributed by atoms with Crippen LogP contribution in [0.5, 0.6) is 0 Å². The minimum absolute atomic E-state index is 0.0113. The Balaban J connectivity index is 2.30. The Hall–Kier alpha value is -2.46. The van der Waals surface area contributed by atoms with Crippen molar-refractivity contribution in [3.05, 3.63) is 69.8 Å². The Labute approximate surface area is 154 Å². The third-order valence-electron chi connectivity index (χ3n) is 5.06. The Bertz CT molecular complexity index is 975. The van der Waals surface area contributed by atoms with E-state index in [0.717, 1.165) is 36.4 Å². The number of aromatic nitrogens is 2. The highest BCUT2D eigenvalue weighted by atomic mass is 16.1. The summed E-state index contributed by atoms with van der Waals surface area (Å²) in [7, 11) is 0. The van der Waals surface area contributed by atoms with Crippen molar-refractivity contribution in [2.75, 3.05) is 6.54 Å². The summed E-state index contributed by atoms with van der Waals surface area (Å²) in [6.07, 6.45) is 2.02. The Morgan fingerprint density at radius 2 is 1.85 bits per heavy atom. The van der Waals surface area contributed by atoms with Crippen molar-refractivity contribution in [3.63, 3.8) is 0 Å². The number of aryl methyl sites for hydroxylation is 2. The largest absolute Gasteiger partial charge is 0.338 e. The summed E-state index contributed by atoms with van der Waals surface area (Å²) < 4.78 is 1.81. The second-order valence-electron chi connectivity index (χ2n) is 6.94. The molecule has 3 rings (SSSR count). The van der Waals surface area contributed by atoms with E-state index in [2.05, 4.69) is 45.1 Å². The van der Waals surface area contributed by atoms with Crippen LogP contribution in [0.2, 0.25) is 0 Å². The van der Waals surface area contributed by atoms with Gasteiger partial charge in [-0.3, -0.25) is 9.36 Å². The standard InChI is InChI=1S/C22H27N3O/c1-5-13-23-19(6-2)21-24-20-10-8-7-9-18(20)22(26)25(21)17-12-11-15(3)16(4)14-17/h7-12,14,19,23H,5-6,13H2,1-4H3/p+1/t19-/m1/s1. The lowest BCUT2D eigenvalue weighted by Gasteiger charge is -2.19. The summed E-state index contributed by atoms with van der Waals surface area (Å²) >= 11 is 0. The summed E-state index contributed by atoms with van der Waals surface area (Å²) in [5, 5.41) is 2.97. The number of para-hydroxylation sites is 1. The molecule has 0 amide bonds. The number of quaternary nitrogens is 1. The third kappa shape index (κ3) is 3.42. The van der Waals surface area contributed by atoms with Crippen LogP contribution in [-0.4, -0.2) is 16.1 Å². The molecule has 0 radical (unpaired) electrons. The van der Waals surface area contributed by atoms with Gasteiger partial charge < -0.3 is 5.32 Å². The molecule has 4 heteroatoms. The van der Waals surface area contributed by atoms with Crippen LogP contribution in [0.4, 0.5) is 0 Å². The van der Waals surface area contributed by atoms with Gasteiger partial charge in [0.25, 0.3) is 5.56 Å². The Kier molecular flexibility index (Phi) is 5.52. The van der Waals surface area contributed by atoms with E-state index < -0.39 is 0 Å². The molecular formula is C22H28N3O+. The summed E-state index contributed by atoms with van der Waals surface area (Å²) in [6.45, 7) is 9.52. The van der Waals surface area contributed by atoms with Crippen LogP contribution >= 0.6 is 0 Å². The summed E-state index contributed by atoms with van der Waals surface area (Å²) in [4.78, 5) is 18.3. The molecular weight excluding hydrogens is 322 g/mol. The van der Waals surface area contributed by atoms with Gasteiger partial charge in [-0.05, 0) is 55.7 Å². The zero-order chi connectivity index (χ0) is 18.7. The average Bonchev–Trinajstić information content (AvgIpc) is 2.65. The van der Waals surface area contributed by atoms with Gasteiger partial charge >= 0.3 is 0 Å². The van der Waals surface area contributed by atoms with E-state index >= 15 is 0 Å². The number of rotatable bonds is 6. The number of hydrogen-bond donors (Lipinski definition) is 1. The molecule has 0 saturated heterocycles. The fourth-order valence-electron chi connectivity index (χ4n) is 3.34. The molecule has 1 aromatic heterocycles. The molecule has 136 valence electrons. The molecule has 2 N–H and O–H groups in total. The van der Waals surface area contributed by atoms with Gasteiger partial charge in [-0.1, -0.05) is 32.0 Å². The molecule has 1 heterocycles. The van der Waals surface area contributed by atoms with Gasteiger partial charge in [0.2, 0.25) is 0 Å². The maximum absolute atomic E-state index is 13.3. The van der Waals surface area contributed by atoms with Gasteiger partial charge in [0.1, 0.15) is 6.04 Å². The van der Waals surface area contributed by atoms with Gasteiger partial charge in [-0.25, -0.2) is 4.98 Å². The van der Waals surface area contributed by atoms with Gasteiger partial charge in [0, 0.05) is 6.42 Å². The van der Waals surface area contributed by atoms with Crippen molar-refractivity contribution >= 4 is 10.9 Å². The monoisotopic (exact) mass is 350 g/mol. The number of nitrogens with two attached hydrogens (primary N) is 1. The second-order valence-corrected chi connectivity index (χ2v) is 6.94. The summed E-state index contributed by atoms with van der Waals surface area (Å²) in [5.41, 5.74) is 4.09. The third-order valence-corrected chi connectivity index (χ3v) is 5.06. The number of fused-ring (bicyclic) bond motifs is 1. The maximum atomic E-state index is 13.3. The van der Waals surface area contributed by atoms with Crippen LogP contribution in [0.1, 0.15) is 49.7 Å². The zero-order valence-electron chi connectivity index (χ0n) is 16.1. The minimum atomic E-state index is 0.0113. The molecule has 1 atom stereocenters. The first-order chi connectivity index (χ1) is 12.6. The van der Waals surface area contributed by atoms with E-state index in [1.54, 1.807) is 0 Å². The summed E-state index contributed by atoms with van der Waals surface area (Å²) in [5.74, 6) is 0.841. The molecule has 0 unspecified atom stereocenters. The van der Waals surface area contributed by atoms with E-state index in [4.69, 9.17) is 4.98 Å². The van der Waals surface area contributed by atoms with Gasteiger partial charge in [-0.2, -0.15) is 0 Å². The van der Waals surface area contributed by atoms with Gasteiger partial charge in [0.05, 0.1) is 23.1 Å². The van der Waals surface area contributed by atoms with Crippen molar-refractivity contribution < 1.29 is 5.32 Å². The average molecular weight is 350 g/mol. The topological polar surface area (TPSA) is 51.5 Å². The lowest BCUT2D eigenvalue weighted by molar-refractivity contribution is -0.697. The highest BCUT2D eigenvalue weighted by Crippen LogP contribution is 2.20.